The van der Waals surface area contributed by atoms with Gasteiger partial charge in [0.1, 0.15) is 23.1 Å². The Morgan fingerprint density at radius 2 is 1.72 bits per heavy atom. The monoisotopic (exact) mass is 533 g/mol. The zero-order valence-electron chi connectivity index (χ0n) is 22.6. The van der Waals surface area contributed by atoms with Crippen LogP contribution in [0.4, 0.5) is 0 Å². The fourth-order valence-corrected chi connectivity index (χ4v) is 5.13. The first kappa shape index (κ1) is 26.2. The molecule has 0 saturated heterocycles. The SMILES string of the molecule is COC1=Cc2c(oc(=O)c3c2c(-c2ccc(O)c(OC)c2)cn3CCc2ccc(OC)c(OC)c2)CC1OC. The Morgan fingerprint density at radius 3 is 2.41 bits per heavy atom. The summed E-state index contributed by atoms with van der Waals surface area (Å²) >= 11 is 0. The van der Waals surface area contributed by atoms with Gasteiger partial charge in [-0.05, 0) is 47.9 Å². The predicted molar refractivity (Wildman–Crippen MR) is 147 cm³/mol. The summed E-state index contributed by atoms with van der Waals surface area (Å²) < 4.78 is 35.1. The zero-order valence-corrected chi connectivity index (χ0v) is 22.6. The number of hydrogen-bond donors (Lipinski definition) is 1. The van der Waals surface area contributed by atoms with Crippen molar-refractivity contribution in [3.8, 4) is 34.1 Å². The van der Waals surface area contributed by atoms with E-state index in [-0.39, 0.29) is 11.9 Å². The van der Waals surface area contributed by atoms with Crippen LogP contribution in [0.3, 0.4) is 0 Å². The number of hydrogen-bond acceptors (Lipinski definition) is 8. The van der Waals surface area contributed by atoms with E-state index in [0.717, 1.165) is 27.6 Å². The van der Waals surface area contributed by atoms with Gasteiger partial charge in [0.05, 0.1) is 28.4 Å². The highest BCUT2D eigenvalue weighted by molar-refractivity contribution is 6.02. The first-order valence-electron chi connectivity index (χ1n) is 12.5. The molecule has 1 unspecified atom stereocenters. The second-order valence-corrected chi connectivity index (χ2v) is 9.19. The molecule has 0 fully saturated rings. The van der Waals surface area contributed by atoms with E-state index in [9.17, 15) is 9.90 Å². The predicted octanol–water partition coefficient (Wildman–Crippen LogP) is 4.79. The molecule has 0 radical (unpaired) electrons. The second-order valence-electron chi connectivity index (χ2n) is 9.19. The quantitative estimate of drug-likeness (QED) is 0.328. The fraction of sp³-hybridized carbons (Fsp3) is 0.300. The lowest BCUT2D eigenvalue weighted by Gasteiger charge is -2.23. The van der Waals surface area contributed by atoms with Crippen LogP contribution in [0.2, 0.25) is 0 Å². The van der Waals surface area contributed by atoms with Gasteiger partial charge in [0.25, 0.3) is 0 Å². The molecule has 39 heavy (non-hydrogen) atoms. The Hall–Kier alpha value is -4.37. The van der Waals surface area contributed by atoms with Gasteiger partial charge in [0, 0.05) is 42.8 Å². The van der Waals surface area contributed by atoms with E-state index in [0.29, 0.717) is 53.7 Å². The van der Waals surface area contributed by atoms with Gasteiger partial charge in [-0.15, -0.1) is 0 Å². The Kier molecular flexibility index (Phi) is 7.26. The molecule has 9 heteroatoms. The highest BCUT2D eigenvalue weighted by atomic mass is 16.5. The summed E-state index contributed by atoms with van der Waals surface area (Å²) in [4.78, 5) is 13.5. The normalized spacial score (nSPS) is 14.6. The molecule has 2 heterocycles. The number of fused-ring (bicyclic) bond motifs is 3. The number of phenols is 1. The molecule has 5 rings (SSSR count). The van der Waals surface area contributed by atoms with Crippen molar-refractivity contribution in [3.05, 3.63) is 75.7 Å². The van der Waals surface area contributed by atoms with E-state index in [1.54, 1.807) is 46.6 Å². The van der Waals surface area contributed by atoms with E-state index < -0.39 is 5.63 Å². The zero-order chi connectivity index (χ0) is 27.7. The Bertz CT molecular complexity index is 1610. The number of benzene rings is 2. The summed E-state index contributed by atoms with van der Waals surface area (Å²) in [6.07, 6.45) is 4.46. The summed E-state index contributed by atoms with van der Waals surface area (Å²) in [5.41, 5.74) is 3.39. The maximum absolute atomic E-state index is 13.5. The van der Waals surface area contributed by atoms with Gasteiger partial charge >= 0.3 is 5.63 Å². The highest BCUT2D eigenvalue weighted by Gasteiger charge is 2.29. The smallest absolute Gasteiger partial charge is 0.360 e. The van der Waals surface area contributed by atoms with E-state index in [1.165, 1.54) is 7.11 Å². The lowest BCUT2D eigenvalue weighted by Crippen LogP contribution is -2.23. The number of ether oxygens (including phenoxy) is 5. The van der Waals surface area contributed by atoms with E-state index in [2.05, 4.69) is 0 Å². The van der Waals surface area contributed by atoms with Crippen LogP contribution < -0.4 is 19.8 Å². The van der Waals surface area contributed by atoms with Gasteiger partial charge in [-0.1, -0.05) is 12.1 Å². The molecule has 204 valence electrons. The largest absolute Gasteiger partial charge is 0.504 e. The van der Waals surface area contributed by atoms with Gasteiger partial charge < -0.3 is 37.8 Å². The number of phenolic OH excluding ortho intramolecular Hbond substituents is 1. The standard InChI is InChI=1S/C30H31NO8/c1-34-22-9-6-17(12-25(22)36-3)10-11-31-16-20(18-7-8-21(32)24(13-18)35-2)28-19-14-26(37-4)27(38-5)15-23(19)39-30(33)29(28)31/h6-9,12-14,16,27,32H,10-11,15H2,1-5H3. The Labute approximate surface area is 225 Å². The van der Waals surface area contributed by atoms with Crippen LogP contribution in [0.5, 0.6) is 23.0 Å². The van der Waals surface area contributed by atoms with Crippen molar-refractivity contribution in [3.63, 3.8) is 0 Å². The number of aryl methyl sites for hydroxylation is 2. The minimum absolute atomic E-state index is 0.0319. The summed E-state index contributed by atoms with van der Waals surface area (Å²) in [7, 11) is 7.89. The van der Waals surface area contributed by atoms with Crippen molar-refractivity contribution in [2.75, 3.05) is 35.5 Å². The minimum atomic E-state index is -0.433. The van der Waals surface area contributed by atoms with Crippen LogP contribution >= 0.6 is 0 Å². The van der Waals surface area contributed by atoms with Crippen LogP contribution in [-0.2, 0) is 28.9 Å². The molecule has 0 saturated carbocycles. The van der Waals surface area contributed by atoms with Crippen LogP contribution in [0, 0.1) is 0 Å². The van der Waals surface area contributed by atoms with E-state index >= 15 is 0 Å². The van der Waals surface area contributed by atoms with Crippen LogP contribution in [-0.4, -0.2) is 51.3 Å². The first-order chi connectivity index (χ1) is 18.9. The van der Waals surface area contributed by atoms with Crippen molar-refractivity contribution >= 4 is 17.0 Å². The molecule has 1 atom stereocenters. The molecule has 0 amide bonds. The lowest BCUT2D eigenvalue weighted by atomic mass is 9.94. The van der Waals surface area contributed by atoms with Gasteiger partial charge in [0.2, 0.25) is 0 Å². The summed E-state index contributed by atoms with van der Waals surface area (Å²) in [5, 5.41) is 10.9. The molecular formula is C30H31NO8. The number of aromatic hydroxyl groups is 1. The van der Waals surface area contributed by atoms with Crippen molar-refractivity contribution in [2.24, 2.45) is 0 Å². The number of methoxy groups -OCH3 is 5. The Morgan fingerprint density at radius 1 is 0.949 bits per heavy atom. The highest BCUT2D eigenvalue weighted by Crippen LogP contribution is 2.40. The first-order valence-corrected chi connectivity index (χ1v) is 12.5. The summed E-state index contributed by atoms with van der Waals surface area (Å²) in [6.45, 7) is 0.506. The molecule has 1 aliphatic rings. The summed E-state index contributed by atoms with van der Waals surface area (Å²) in [6, 6.07) is 10.9. The van der Waals surface area contributed by atoms with E-state index in [1.807, 2.05) is 35.0 Å². The Balaban J connectivity index is 1.68. The van der Waals surface area contributed by atoms with Gasteiger partial charge in [-0.25, -0.2) is 4.79 Å². The molecule has 2 aromatic carbocycles. The third-order valence-corrected chi connectivity index (χ3v) is 7.13. The lowest BCUT2D eigenvalue weighted by molar-refractivity contribution is 0.0747. The maximum Gasteiger partial charge on any atom is 0.360 e. The topological polar surface area (TPSA) is 102 Å². The molecule has 0 spiro atoms. The molecular weight excluding hydrogens is 502 g/mol. The summed E-state index contributed by atoms with van der Waals surface area (Å²) in [5.74, 6) is 2.84. The van der Waals surface area contributed by atoms with Crippen molar-refractivity contribution < 1.29 is 33.2 Å². The molecule has 9 nitrogen and oxygen atoms in total. The number of aromatic nitrogens is 1. The van der Waals surface area contributed by atoms with Crippen LogP contribution in [0.1, 0.15) is 16.9 Å². The third kappa shape index (κ3) is 4.70. The molecule has 2 aromatic heterocycles. The van der Waals surface area contributed by atoms with Gasteiger partial charge in [-0.3, -0.25) is 0 Å². The van der Waals surface area contributed by atoms with Gasteiger partial charge in [0.15, 0.2) is 23.0 Å². The van der Waals surface area contributed by atoms with Crippen molar-refractivity contribution in [2.45, 2.75) is 25.5 Å². The van der Waals surface area contributed by atoms with Crippen LogP contribution in [0.15, 0.2) is 57.6 Å². The molecule has 0 bridgehead atoms. The average Bonchev–Trinajstić information content (AvgIpc) is 3.35. The number of nitrogens with zero attached hydrogens (tertiary/aromatic N) is 1. The average molecular weight is 534 g/mol. The van der Waals surface area contributed by atoms with Gasteiger partial charge in [-0.2, -0.15) is 0 Å². The van der Waals surface area contributed by atoms with Crippen molar-refractivity contribution in [1.82, 2.24) is 4.57 Å². The fourth-order valence-electron chi connectivity index (χ4n) is 5.13. The van der Waals surface area contributed by atoms with Crippen molar-refractivity contribution in [1.29, 1.82) is 0 Å². The maximum atomic E-state index is 13.5. The molecule has 4 aromatic rings. The molecule has 1 aliphatic carbocycles. The van der Waals surface area contributed by atoms with Crippen LogP contribution in [0.25, 0.3) is 28.1 Å². The third-order valence-electron chi connectivity index (χ3n) is 7.13. The second kappa shape index (κ2) is 10.8. The molecule has 1 N–H and O–H groups in total. The number of rotatable bonds is 9. The minimum Gasteiger partial charge on any atom is -0.504 e. The van der Waals surface area contributed by atoms with E-state index in [4.69, 9.17) is 28.1 Å². The molecule has 0 aliphatic heterocycles.